The van der Waals surface area contributed by atoms with Gasteiger partial charge in [0.15, 0.2) is 49.9 Å². The summed E-state index contributed by atoms with van der Waals surface area (Å²) in [5, 5.41) is 34.5. The van der Waals surface area contributed by atoms with Crippen molar-refractivity contribution in [3.05, 3.63) is 184 Å². The van der Waals surface area contributed by atoms with Crippen molar-refractivity contribution in [2.75, 3.05) is 33.0 Å². The van der Waals surface area contributed by atoms with Crippen LogP contribution in [0.3, 0.4) is 0 Å². The molecule has 34 heteroatoms. The fraction of sp³-hybridized carbons (Fsp3) is 0.500. The standard InChI is InChI=1S/C72H86N5O28P/c1-39(78)73-55-59(84)60-53(37-92-67(100-60)48-23-15-9-16-24-48)97-70(55)102-62-52(36-90-34-47-21-13-8-14-22-47)99-72(57(75-41(3)80)65(62)95-44(6)83)105-106(87,88)104-66-58(76-42(4)81)71(98-54-38-93-68(101-63(54)66)49-25-17-10-18-26-49)103-61-51(35-89-33-46-19-11-7-12-20-46)96-69(56(74-40(2)79)64(61)94-43(5)82)91-32-31-45-27-29-50(30-28-45)77(85)86/h7-30,51-72,84H,31-38H2,1-6H3,(H,73,78)(H,74,79)(H,75,80)(H,76,81)(H,87,88)/t51-,52-,53-,54-,55-,56-,57-,58-,59-,60+,61+,62+,63+,64-,65-,66-,67+,68+,69+,70+,71+,72-/m1/s1. The largest absolute Gasteiger partial charge is 0.475 e. The molecule has 0 aromatic heterocycles. The van der Waals surface area contributed by atoms with Gasteiger partial charge in [0.05, 0.1) is 51.2 Å². The minimum atomic E-state index is -5.89. The molecule has 6 aliphatic rings. The lowest BCUT2D eigenvalue weighted by molar-refractivity contribution is -0.384. The van der Waals surface area contributed by atoms with Gasteiger partial charge in [-0.2, -0.15) is 0 Å². The quantitative estimate of drug-likeness (QED) is 0.0169. The molecule has 6 N–H and O–H groups in total. The van der Waals surface area contributed by atoms with Gasteiger partial charge in [0.2, 0.25) is 23.6 Å². The minimum absolute atomic E-state index is 0.00864. The van der Waals surface area contributed by atoms with Crippen LogP contribution in [0.5, 0.6) is 0 Å². The van der Waals surface area contributed by atoms with Crippen molar-refractivity contribution in [1.29, 1.82) is 0 Å². The third kappa shape index (κ3) is 20.8. The summed E-state index contributed by atoms with van der Waals surface area (Å²) < 4.78 is 124. The van der Waals surface area contributed by atoms with E-state index in [-0.39, 0.29) is 51.7 Å². The third-order valence-corrected chi connectivity index (χ3v) is 18.9. The number of fused-ring (bicyclic) bond motifs is 2. The Hall–Kier alpha value is -8.13. The summed E-state index contributed by atoms with van der Waals surface area (Å²) in [5.41, 5.74) is 3.04. The van der Waals surface area contributed by atoms with Crippen molar-refractivity contribution in [3.63, 3.8) is 0 Å². The van der Waals surface area contributed by atoms with Crippen molar-refractivity contribution in [1.82, 2.24) is 21.3 Å². The zero-order valence-electron chi connectivity index (χ0n) is 58.6. The molecule has 0 radical (unpaired) electrons. The molecule has 4 amide bonds. The van der Waals surface area contributed by atoms with Gasteiger partial charge in [0, 0.05) is 64.8 Å². The number of carbonyl (C=O) groups excluding carboxylic acids is 6. The van der Waals surface area contributed by atoms with Crippen LogP contribution >= 0.6 is 7.82 Å². The number of rotatable bonds is 29. The van der Waals surface area contributed by atoms with E-state index in [4.69, 9.17) is 80.1 Å². The van der Waals surface area contributed by atoms with Gasteiger partial charge in [-0.25, -0.2) is 4.57 Å². The summed E-state index contributed by atoms with van der Waals surface area (Å²) in [6.45, 7) is 5.26. The number of phosphoric ester groups is 1. The van der Waals surface area contributed by atoms with Gasteiger partial charge in [-0.05, 0) is 23.1 Å². The number of non-ortho nitro benzene ring substituents is 1. The number of nitro groups is 1. The van der Waals surface area contributed by atoms with Crippen molar-refractivity contribution in [2.24, 2.45) is 0 Å². The highest BCUT2D eigenvalue weighted by atomic mass is 31.2. The van der Waals surface area contributed by atoms with E-state index in [1.807, 2.05) is 18.2 Å². The van der Waals surface area contributed by atoms with Gasteiger partial charge >= 0.3 is 19.8 Å². The fourth-order valence-electron chi connectivity index (χ4n) is 13.4. The summed E-state index contributed by atoms with van der Waals surface area (Å²) in [5.74, 6) is -4.70. The smallest absolute Gasteiger partial charge is 0.457 e. The van der Waals surface area contributed by atoms with Gasteiger partial charge in [0.25, 0.3) is 5.69 Å². The molecule has 33 nitrogen and oxygen atoms in total. The molecule has 6 fully saturated rings. The Balaban J connectivity index is 0.933. The predicted octanol–water partition coefficient (Wildman–Crippen LogP) is 4.23. The molecule has 23 atom stereocenters. The molecule has 5 aromatic rings. The van der Waals surface area contributed by atoms with Gasteiger partial charge in [0.1, 0.15) is 85.2 Å². The first kappa shape index (κ1) is 78.9. The van der Waals surface area contributed by atoms with Crippen molar-refractivity contribution >= 4 is 49.1 Å². The van der Waals surface area contributed by atoms with E-state index in [2.05, 4.69) is 21.3 Å². The number of amides is 4. The number of aliphatic hydroxyl groups is 1. The molecule has 11 rings (SSSR count). The second-order valence-corrected chi connectivity index (χ2v) is 27.3. The number of hydrogen-bond acceptors (Lipinski definition) is 27. The number of nitro benzene ring substituents is 1. The first-order valence-electron chi connectivity index (χ1n) is 34.4. The van der Waals surface area contributed by atoms with Crippen LogP contribution in [-0.2, 0) is 133 Å². The minimum Gasteiger partial charge on any atom is -0.457 e. The number of nitrogens with one attached hydrogen (secondary N) is 4. The zero-order valence-corrected chi connectivity index (χ0v) is 59.5. The van der Waals surface area contributed by atoms with Crippen molar-refractivity contribution in [3.8, 4) is 0 Å². The lowest BCUT2D eigenvalue weighted by atomic mass is 9.93. The summed E-state index contributed by atoms with van der Waals surface area (Å²) in [7, 11) is -5.89. The normalized spacial score (nSPS) is 31.9. The second-order valence-electron chi connectivity index (χ2n) is 26.0. The Kier molecular flexibility index (Phi) is 27.3. The fourth-order valence-corrected chi connectivity index (χ4v) is 14.4. The van der Waals surface area contributed by atoms with Crippen molar-refractivity contribution < 1.29 is 128 Å². The molecule has 0 bridgehead atoms. The number of phosphoric acid groups is 1. The number of benzene rings is 5. The summed E-state index contributed by atoms with van der Waals surface area (Å²) in [4.78, 5) is 104. The van der Waals surface area contributed by atoms with E-state index in [0.717, 1.165) is 33.3 Å². The Labute approximate surface area is 609 Å². The first-order valence-corrected chi connectivity index (χ1v) is 35.9. The van der Waals surface area contributed by atoms with Gasteiger partial charge in [-0.3, -0.25) is 47.9 Å². The highest BCUT2D eigenvalue weighted by molar-refractivity contribution is 7.47. The van der Waals surface area contributed by atoms with E-state index in [1.165, 1.54) is 26.0 Å². The van der Waals surface area contributed by atoms with Crippen LogP contribution in [0.2, 0.25) is 0 Å². The number of nitrogens with zero attached hydrogens (tertiary/aromatic N) is 1. The Morgan fingerprint density at radius 3 is 1.37 bits per heavy atom. The Morgan fingerprint density at radius 2 is 0.906 bits per heavy atom. The Morgan fingerprint density at radius 1 is 0.491 bits per heavy atom. The summed E-state index contributed by atoms with van der Waals surface area (Å²) in [6, 6.07) is 34.8. The number of esters is 2. The molecule has 106 heavy (non-hydrogen) atoms. The van der Waals surface area contributed by atoms with Crippen LogP contribution < -0.4 is 21.3 Å². The maximum Gasteiger partial charge on any atom is 0.475 e. The van der Waals surface area contributed by atoms with E-state index >= 15 is 4.57 Å². The predicted molar refractivity (Wildman–Crippen MR) is 363 cm³/mol. The average molecular weight is 1500 g/mol. The second kappa shape index (κ2) is 36.6. The summed E-state index contributed by atoms with van der Waals surface area (Å²) in [6.07, 6.45) is -27.1. The van der Waals surface area contributed by atoms with Crippen LogP contribution in [0.25, 0.3) is 0 Å². The monoisotopic (exact) mass is 1500 g/mol. The van der Waals surface area contributed by atoms with Crippen molar-refractivity contribution in [2.45, 2.75) is 196 Å². The molecular formula is C72H86N5O28P. The molecule has 0 aliphatic carbocycles. The molecule has 1 unspecified atom stereocenters. The van der Waals surface area contributed by atoms with Crippen LogP contribution in [-0.4, -0.2) is 206 Å². The number of carbonyl (C=O) groups is 6. The molecule has 572 valence electrons. The van der Waals surface area contributed by atoms with Crippen LogP contribution in [0, 0.1) is 10.1 Å². The Bertz CT molecular complexity index is 3810. The molecule has 6 aliphatic heterocycles. The first-order chi connectivity index (χ1) is 50.9. The van der Waals surface area contributed by atoms with E-state index < -0.39 is 190 Å². The lowest BCUT2D eigenvalue weighted by Crippen LogP contribution is -2.71. The number of aliphatic hydroxyl groups excluding tert-OH is 1. The molecule has 6 saturated heterocycles. The molecule has 0 saturated carbocycles. The van der Waals surface area contributed by atoms with Gasteiger partial charge < -0.3 is 102 Å². The number of ether oxygens (including phenoxy) is 15. The van der Waals surface area contributed by atoms with Crippen LogP contribution in [0.4, 0.5) is 5.69 Å². The SMILES string of the molecule is CC(=O)N[C@H]1[C@H](O[C@@H]2[C@H](OC(C)=O)[C@@H](NC(C)=O)[C@@H](OP(=O)(O)O[C@@H]3[C@@H](NC(C)=O)[C@H](O[C@@H]4[C@H](OC(C)=O)[C@@H](NC(C)=O)[C@@H](OCCc5ccc([N+](=O)[O-])cc5)O[C@@H]4COCc4ccccc4)O[C@@H]4CO[C@H](c5ccccc5)O[C@H]34)O[C@@H]2COCc2ccccc2)O[C@@H]2CO[C@H](c3ccccc3)O[C@@H]2[C@@H]1O. The summed E-state index contributed by atoms with van der Waals surface area (Å²) >= 11 is 0. The van der Waals surface area contributed by atoms with E-state index in [1.54, 1.807) is 115 Å². The lowest BCUT2D eigenvalue weighted by Gasteiger charge is -2.52. The highest BCUT2D eigenvalue weighted by Crippen LogP contribution is 2.52. The third-order valence-electron chi connectivity index (χ3n) is 17.9. The average Bonchev–Trinajstić information content (AvgIpc) is 0.760. The molecule has 0 spiro atoms. The van der Waals surface area contributed by atoms with Crippen LogP contribution in [0.1, 0.15) is 81.9 Å². The van der Waals surface area contributed by atoms with Gasteiger partial charge in [-0.15, -0.1) is 0 Å². The number of hydrogen-bond donors (Lipinski definition) is 6. The molecule has 6 heterocycles. The molecule has 5 aromatic carbocycles. The maximum atomic E-state index is 15.6. The topological polar surface area (TPSA) is 408 Å². The molecular weight excluding hydrogens is 1410 g/mol. The highest BCUT2D eigenvalue weighted by Gasteiger charge is 2.60. The zero-order chi connectivity index (χ0) is 75.2. The van der Waals surface area contributed by atoms with Crippen LogP contribution in [0.15, 0.2) is 146 Å². The van der Waals surface area contributed by atoms with E-state index in [0.29, 0.717) is 22.3 Å². The van der Waals surface area contributed by atoms with Gasteiger partial charge in [-0.1, -0.05) is 133 Å². The maximum absolute atomic E-state index is 15.6. The van der Waals surface area contributed by atoms with E-state index in [9.17, 15) is 48.9 Å².